The Morgan fingerprint density at radius 1 is 1.20 bits per heavy atom. The van der Waals surface area contributed by atoms with E-state index in [4.69, 9.17) is 0 Å². The SMILES string of the molecule is CCC(CNC(=O)C1CCN(S(=O)(=O)CC)CC1)Cc1ccccc1. The Kier molecular flexibility index (Phi) is 7.44. The Morgan fingerprint density at radius 2 is 1.84 bits per heavy atom. The van der Waals surface area contributed by atoms with Gasteiger partial charge >= 0.3 is 0 Å². The molecule has 140 valence electrons. The number of nitrogens with one attached hydrogen (secondary N) is 1. The fourth-order valence-electron chi connectivity index (χ4n) is 3.28. The number of amides is 1. The second-order valence-electron chi connectivity index (χ2n) is 6.78. The molecule has 1 heterocycles. The molecular weight excluding hydrogens is 336 g/mol. The van der Waals surface area contributed by atoms with E-state index in [1.54, 1.807) is 6.92 Å². The third kappa shape index (κ3) is 5.82. The van der Waals surface area contributed by atoms with E-state index in [-0.39, 0.29) is 17.6 Å². The highest BCUT2D eigenvalue weighted by Crippen LogP contribution is 2.20. The van der Waals surface area contributed by atoms with Crippen LogP contribution in [-0.2, 0) is 21.2 Å². The van der Waals surface area contributed by atoms with Crippen LogP contribution in [0.15, 0.2) is 30.3 Å². The predicted octanol–water partition coefficient (Wildman–Crippen LogP) is 2.43. The van der Waals surface area contributed by atoms with Crippen LogP contribution < -0.4 is 5.32 Å². The molecule has 0 bridgehead atoms. The zero-order chi connectivity index (χ0) is 18.3. The molecule has 1 atom stereocenters. The van der Waals surface area contributed by atoms with Crippen molar-refractivity contribution in [1.82, 2.24) is 9.62 Å². The number of hydrogen-bond acceptors (Lipinski definition) is 3. The van der Waals surface area contributed by atoms with Gasteiger partial charge in [-0.1, -0.05) is 43.7 Å². The van der Waals surface area contributed by atoms with E-state index in [0.29, 0.717) is 38.4 Å². The lowest BCUT2D eigenvalue weighted by Crippen LogP contribution is -2.44. The first kappa shape index (κ1) is 19.9. The van der Waals surface area contributed by atoms with Gasteiger partial charge in [0.25, 0.3) is 0 Å². The first-order valence-corrected chi connectivity index (χ1v) is 10.9. The molecule has 1 amide bonds. The van der Waals surface area contributed by atoms with Gasteiger partial charge in [-0.15, -0.1) is 0 Å². The minimum absolute atomic E-state index is 0.0695. The summed E-state index contributed by atoms with van der Waals surface area (Å²) in [4.78, 5) is 12.4. The van der Waals surface area contributed by atoms with Crippen molar-refractivity contribution < 1.29 is 13.2 Å². The summed E-state index contributed by atoms with van der Waals surface area (Å²) in [5, 5.41) is 3.08. The standard InChI is InChI=1S/C19H30N2O3S/c1-3-16(14-17-8-6-5-7-9-17)15-20-19(22)18-10-12-21(13-11-18)25(23,24)4-2/h5-9,16,18H,3-4,10-15H2,1-2H3,(H,20,22). The van der Waals surface area contributed by atoms with Gasteiger partial charge in [0.05, 0.1) is 5.75 Å². The maximum absolute atomic E-state index is 12.4. The molecule has 0 aromatic heterocycles. The topological polar surface area (TPSA) is 66.5 Å². The number of nitrogens with zero attached hydrogens (tertiary/aromatic N) is 1. The van der Waals surface area contributed by atoms with Crippen LogP contribution in [0.1, 0.15) is 38.7 Å². The maximum Gasteiger partial charge on any atom is 0.223 e. The molecule has 0 spiro atoms. The normalized spacial score (nSPS) is 18.0. The van der Waals surface area contributed by atoms with E-state index in [0.717, 1.165) is 12.8 Å². The monoisotopic (exact) mass is 366 g/mol. The van der Waals surface area contributed by atoms with Crippen molar-refractivity contribution in [1.29, 1.82) is 0 Å². The number of hydrogen-bond donors (Lipinski definition) is 1. The molecular formula is C19H30N2O3S. The third-order valence-corrected chi connectivity index (χ3v) is 6.97. The first-order chi connectivity index (χ1) is 12.0. The smallest absolute Gasteiger partial charge is 0.223 e. The van der Waals surface area contributed by atoms with Crippen molar-refractivity contribution in [3.63, 3.8) is 0 Å². The molecule has 0 saturated carbocycles. The summed E-state index contributed by atoms with van der Waals surface area (Å²) < 4.78 is 25.3. The quantitative estimate of drug-likeness (QED) is 0.768. The zero-order valence-corrected chi connectivity index (χ0v) is 16.1. The van der Waals surface area contributed by atoms with Crippen LogP contribution in [0.4, 0.5) is 0 Å². The molecule has 1 aromatic carbocycles. The molecule has 6 heteroatoms. The lowest BCUT2D eigenvalue weighted by atomic mass is 9.95. The van der Waals surface area contributed by atoms with E-state index >= 15 is 0 Å². The van der Waals surface area contributed by atoms with Crippen molar-refractivity contribution in [3.8, 4) is 0 Å². The number of benzene rings is 1. The number of rotatable bonds is 8. The minimum Gasteiger partial charge on any atom is -0.356 e. The Bertz CT molecular complexity index is 638. The van der Waals surface area contributed by atoms with E-state index in [2.05, 4.69) is 24.4 Å². The van der Waals surface area contributed by atoms with Crippen LogP contribution in [0, 0.1) is 11.8 Å². The van der Waals surface area contributed by atoms with Gasteiger partial charge in [-0.05, 0) is 37.7 Å². The Morgan fingerprint density at radius 3 is 2.40 bits per heavy atom. The van der Waals surface area contributed by atoms with Crippen molar-refractivity contribution in [2.75, 3.05) is 25.4 Å². The molecule has 2 rings (SSSR count). The van der Waals surface area contributed by atoms with Gasteiger partial charge in [-0.2, -0.15) is 0 Å². The summed E-state index contributed by atoms with van der Waals surface area (Å²) in [5.74, 6) is 0.547. The minimum atomic E-state index is -3.13. The Balaban J connectivity index is 1.78. The number of carbonyl (C=O) groups excluding carboxylic acids is 1. The van der Waals surface area contributed by atoms with Crippen LogP contribution in [0.2, 0.25) is 0 Å². The summed E-state index contributed by atoms with van der Waals surface area (Å²) in [5.41, 5.74) is 1.29. The van der Waals surface area contributed by atoms with E-state index in [9.17, 15) is 13.2 Å². The number of sulfonamides is 1. The molecule has 1 fully saturated rings. The van der Waals surface area contributed by atoms with Gasteiger partial charge in [0.1, 0.15) is 0 Å². The molecule has 1 saturated heterocycles. The molecule has 0 aliphatic carbocycles. The average Bonchev–Trinajstić information content (AvgIpc) is 2.65. The molecule has 1 N–H and O–H groups in total. The van der Waals surface area contributed by atoms with Gasteiger partial charge in [-0.25, -0.2) is 12.7 Å². The van der Waals surface area contributed by atoms with Crippen molar-refractivity contribution >= 4 is 15.9 Å². The highest BCUT2D eigenvalue weighted by Gasteiger charge is 2.30. The van der Waals surface area contributed by atoms with Crippen molar-refractivity contribution in [2.45, 2.75) is 39.5 Å². The van der Waals surface area contributed by atoms with Crippen LogP contribution in [-0.4, -0.2) is 44.0 Å². The second-order valence-corrected chi connectivity index (χ2v) is 9.04. The van der Waals surface area contributed by atoms with Gasteiger partial charge < -0.3 is 5.32 Å². The van der Waals surface area contributed by atoms with Gasteiger partial charge in [0.2, 0.25) is 15.9 Å². The van der Waals surface area contributed by atoms with Crippen LogP contribution >= 0.6 is 0 Å². The summed E-state index contributed by atoms with van der Waals surface area (Å²) in [6.07, 6.45) is 3.20. The lowest BCUT2D eigenvalue weighted by Gasteiger charge is -2.30. The molecule has 5 nitrogen and oxygen atoms in total. The Hall–Kier alpha value is -1.40. The maximum atomic E-state index is 12.4. The fourth-order valence-corrected chi connectivity index (χ4v) is 4.41. The van der Waals surface area contributed by atoms with E-state index in [1.807, 2.05) is 18.2 Å². The first-order valence-electron chi connectivity index (χ1n) is 9.25. The highest BCUT2D eigenvalue weighted by atomic mass is 32.2. The number of carbonyl (C=O) groups is 1. The fraction of sp³-hybridized carbons (Fsp3) is 0.632. The summed E-state index contributed by atoms with van der Waals surface area (Å²) >= 11 is 0. The predicted molar refractivity (Wildman–Crippen MR) is 101 cm³/mol. The van der Waals surface area contributed by atoms with Crippen LogP contribution in [0.3, 0.4) is 0 Å². The second kappa shape index (κ2) is 9.34. The third-order valence-electron chi connectivity index (χ3n) is 5.09. The van der Waals surface area contributed by atoms with Gasteiger partial charge in [-0.3, -0.25) is 4.79 Å². The van der Waals surface area contributed by atoms with Crippen LogP contribution in [0.25, 0.3) is 0 Å². The van der Waals surface area contributed by atoms with Crippen molar-refractivity contribution in [2.24, 2.45) is 11.8 Å². The molecule has 1 unspecified atom stereocenters. The van der Waals surface area contributed by atoms with E-state index in [1.165, 1.54) is 9.87 Å². The molecule has 1 aromatic rings. The summed E-state index contributed by atoms with van der Waals surface area (Å²) in [6, 6.07) is 10.3. The molecule has 1 aliphatic heterocycles. The lowest BCUT2D eigenvalue weighted by molar-refractivity contribution is -0.126. The summed E-state index contributed by atoms with van der Waals surface area (Å²) in [6.45, 7) is 5.39. The molecule has 25 heavy (non-hydrogen) atoms. The van der Waals surface area contributed by atoms with E-state index < -0.39 is 10.0 Å². The Labute approximate surface area is 151 Å². The van der Waals surface area contributed by atoms with Crippen LogP contribution in [0.5, 0.6) is 0 Å². The van der Waals surface area contributed by atoms with Gasteiger partial charge in [0, 0.05) is 25.6 Å². The molecule has 1 aliphatic rings. The van der Waals surface area contributed by atoms with Gasteiger partial charge in [0.15, 0.2) is 0 Å². The van der Waals surface area contributed by atoms with Crippen molar-refractivity contribution in [3.05, 3.63) is 35.9 Å². The zero-order valence-electron chi connectivity index (χ0n) is 15.3. The molecule has 0 radical (unpaired) electrons. The highest BCUT2D eigenvalue weighted by molar-refractivity contribution is 7.89. The average molecular weight is 367 g/mol. The summed E-state index contributed by atoms with van der Waals surface area (Å²) in [7, 11) is -3.13. The number of piperidine rings is 1. The largest absolute Gasteiger partial charge is 0.356 e.